The van der Waals surface area contributed by atoms with E-state index in [1.807, 2.05) is 0 Å². The van der Waals surface area contributed by atoms with E-state index in [9.17, 15) is 4.79 Å². The number of hydrogen-bond acceptors (Lipinski definition) is 4. The highest BCUT2D eigenvalue weighted by Crippen LogP contribution is 2.23. The van der Waals surface area contributed by atoms with Crippen molar-refractivity contribution < 1.29 is 14.3 Å². The minimum atomic E-state index is -0.634. The van der Waals surface area contributed by atoms with E-state index in [1.54, 1.807) is 6.92 Å². The summed E-state index contributed by atoms with van der Waals surface area (Å²) < 4.78 is 10.4. The van der Waals surface area contributed by atoms with E-state index in [2.05, 4.69) is 16.9 Å². The Bertz CT molecular complexity index is 425. The highest BCUT2D eigenvalue weighted by Gasteiger charge is 2.32. The molecular weight excluding hydrogens is 330 g/mol. The van der Waals surface area contributed by atoms with Crippen molar-refractivity contribution in [1.29, 1.82) is 0 Å². The molecule has 0 aromatic heterocycles. The van der Waals surface area contributed by atoms with Gasteiger partial charge in [-0.15, -0.1) is 0 Å². The second-order valence-electron chi connectivity index (χ2n) is 7.51. The van der Waals surface area contributed by atoms with Gasteiger partial charge in [0.1, 0.15) is 12.2 Å². The van der Waals surface area contributed by atoms with Crippen LogP contribution < -0.4 is 0 Å². The number of nitrogens with zero attached hydrogens (tertiary/aromatic N) is 3. The van der Waals surface area contributed by atoms with Crippen LogP contribution in [0.2, 0.25) is 0 Å². The molecule has 1 aliphatic heterocycles. The first kappa shape index (κ1) is 22.6. The van der Waals surface area contributed by atoms with Crippen molar-refractivity contribution in [2.75, 3.05) is 0 Å². The molecule has 0 spiro atoms. The number of azide groups is 1. The molecule has 150 valence electrons. The van der Waals surface area contributed by atoms with Crippen LogP contribution in [0.15, 0.2) is 5.11 Å². The Hall–Kier alpha value is -1.42. The molecule has 0 aromatic carbocycles. The van der Waals surface area contributed by atoms with E-state index in [0.717, 1.165) is 12.8 Å². The highest BCUT2D eigenvalue weighted by atomic mass is 16.7. The second kappa shape index (κ2) is 14.7. The Balaban J connectivity index is 2.00. The quantitative estimate of drug-likeness (QED) is 0.102. The lowest BCUT2D eigenvalue weighted by atomic mass is 9.99. The molecule has 1 aliphatic rings. The molecule has 6 heteroatoms. The van der Waals surface area contributed by atoms with E-state index in [0.29, 0.717) is 6.42 Å². The maximum atomic E-state index is 11.5. The number of carbonyl (C=O) groups is 1. The molecule has 0 saturated carbocycles. The number of cyclic esters (lactones) is 2. The van der Waals surface area contributed by atoms with Gasteiger partial charge in [-0.3, -0.25) is 0 Å². The molecule has 1 fully saturated rings. The molecular formula is C20H37N3O3. The monoisotopic (exact) mass is 367 g/mol. The summed E-state index contributed by atoms with van der Waals surface area (Å²) in [6, 6.07) is -0.350. The average molecular weight is 368 g/mol. The summed E-state index contributed by atoms with van der Waals surface area (Å²) in [6.07, 6.45) is 16.2. The van der Waals surface area contributed by atoms with Crippen LogP contribution in [-0.2, 0) is 9.47 Å². The van der Waals surface area contributed by atoms with Gasteiger partial charge in [-0.1, -0.05) is 89.6 Å². The minimum absolute atomic E-state index is 0.110. The SMILES string of the molecule is CCCCCCCCCCCCCC[C@@H]1C[C@H]([C@H](C)N=[N+]=[N-])OC(=O)O1. The van der Waals surface area contributed by atoms with Crippen molar-refractivity contribution in [3.8, 4) is 0 Å². The van der Waals surface area contributed by atoms with Crippen LogP contribution in [0.25, 0.3) is 10.4 Å². The Kier molecular flexibility index (Phi) is 12.8. The molecule has 0 radical (unpaired) electrons. The predicted molar refractivity (Wildman–Crippen MR) is 104 cm³/mol. The van der Waals surface area contributed by atoms with Crippen LogP contribution >= 0.6 is 0 Å². The largest absolute Gasteiger partial charge is 0.508 e. The fraction of sp³-hybridized carbons (Fsp3) is 0.950. The Morgan fingerprint density at radius 2 is 1.54 bits per heavy atom. The standard InChI is InChI=1S/C20H37N3O3/c1-3-4-5-6-7-8-9-10-11-12-13-14-15-18-16-19(17(2)22-23-21)26-20(24)25-18/h17-19H,3-16H2,1-2H3/t17-,18+,19+/m0/s1. The van der Waals surface area contributed by atoms with Gasteiger partial charge in [-0.25, -0.2) is 4.79 Å². The number of hydrogen-bond donors (Lipinski definition) is 0. The third-order valence-electron chi connectivity index (χ3n) is 5.16. The summed E-state index contributed by atoms with van der Waals surface area (Å²) in [4.78, 5) is 14.3. The number of unbranched alkanes of at least 4 members (excludes halogenated alkanes) is 11. The van der Waals surface area contributed by atoms with E-state index in [1.165, 1.54) is 70.6 Å². The van der Waals surface area contributed by atoms with Crippen LogP contribution in [0.4, 0.5) is 4.79 Å². The summed E-state index contributed by atoms with van der Waals surface area (Å²) >= 11 is 0. The van der Waals surface area contributed by atoms with E-state index >= 15 is 0 Å². The van der Waals surface area contributed by atoms with Crippen molar-refractivity contribution in [2.24, 2.45) is 5.11 Å². The maximum Gasteiger partial charge on any atom is 0.508 e. The molecule has 26 heavy (non-hydrogen) atoms. The lowest BCUT2D eigenvalue weighted by Crippen LogP contribution is -2.39. The Labute approximate surface area is 158 Å². The van der Waals surface area contributed by atoms with Gasteiger partial charge in [0.15, 0.2) is 0 Å². The molecule has 1 saturated heterocycles. The molecule has 0 aliphatic carbocycles. The molecule has 0 bridgehead atoms. The smallest absolute Gasteiger partial charge is 0.431 e. The third kappa shape index (κ3) is 10.5. The van der Waals surface area contributed by atoms with Gasteiger partial charge in [-0.2, -0.15) is 0 Å². The van der Waals surface area contributed by atoms with Gasteiger partial charge in [0.25, 0.3) is 0 Å². The van der Waals surface area contributed by atoms with Gasteiger partial charge < -0.3 is 9.47 Å². The Morgan fingerprint density at radius 3 is 2.08 bits per heavy atom. The van der Waals surface area contributed by atoms with Gasteiger partial charge in [-0.05, 0) is 18.4 Å². The van der Waals surface area contributed by atoms with Crippen molar-refractivity contribution in [3.63, 3.8) is 0 Å². The molecule has 6 nitrogen and oxygen atoms in total. The van der Waals surface area contributed by atoms with Crippen LogP contribution in [0.3, 0.4) is 0 Å². The predicted octanol–water partition coefficient (Wildman–Crippen LogP) is 7.07. The molecule has 1 rings (SSSR count). The number of ether oxygens (including phenoxy) is 2. The van der Waals surface area contributed by atoms with Crippen molar-refractivity contribution in [3.05, 3.63) is 10.4 Å². The van der Waals surface area contributed by atoms with Crippen LogP contribution in [0, 0.1) is 0 Å². The fourth-order valence-electron chi connectivity index (χ4n) is 3.48. The van der Waals surface area contributed by atoms with Crippen molar-refractivity contribution >= 4 is 6.16 Å². The molecule has 1 heterocycles. The number of carbonyl (C=O) groups excluding carboxylic acids is 1. The summed E-state index contributed by atoms with van der Waals surface area (Å²) in [6.45, 7) is 4.03. The summed E-state index contributed by atoms with van der Waals surface area (Å²) in [7, 11) is 0. The molecule has 3 atom stereocenters. The summed E-state index contributed by atoms with van der Waals surface area (Å²) in [5, 5.41) is 3.63. The van der Waals surface area contributed by atoms with E-state index in [-0.39, 0.29) is 18.2 Å². The second-order valence-corrected chi connectivity index (χ2v) is 7.51. The van der Waals surface area contributed by atoms with Crippen LogP contribution in [0.1, 0.15) is 104 Å². The van der Waals surface area contributed by atoms with Crippen molar-refractivity contribution in [1.82, 2.24) is 0 Å². The first-order valence-electron chi connectivity index (χ1n) is 10.6. The lowest BCUT2D eigenvalue weighted by molar-refractivity contribution is -0.0678. The molecule has 0 aromatic rings. The number of rotatable bonds is 15. The van der Waals surface area contributed by atoms with Crippen LogP contribution in [-0.4, -0.2) is 24.4 Å². The highest BCUT2D eigenvalue weighted by molar-refractivity contribution is 5.61. The topological polar surface area (TPSA) is 84.3 Å². The van der Waals surface area contributed by atoms with Gasteiger partial charge in [0.05, 0.1) is 6.04 Å². The molecule has 0 N–H and O–H groups in total. The molecule has 0 amide bonds. The summed E-state index contributed by atoms with van der Waals surface area (Å²) in [5.74, 6) is 0. The van der Waals surface area contributed by atoms with Crippen LogP contribution in [0.5, 0.6) is 0 Å². The van der Waals surface area contributed by atoms with E-state index in [4.69, 9.17) is 15.0 Å². The lowest BCUT2D eigenvalue weighted by Gasteiger charge is -2.30. The zero-order valence-corrected chi connectivity index (χ0v) is 16.7. The average Bonchev–Trinajstić information content (AvgIpc) is 2.62. The zero-order valence-electron chi connectivity index (χ0n) is 16.7. The van der Waals surface area contributed by atoms with Gasteiger partial charge in [0, 0.05) is 11.3 Å². The zero-order chi connectivity index (χ0) is 19.0. The third-order valence-corrected chi connectivity index (χ3v) is 5.16. The summed E-state index contributed by atoms with van der Waals surface area (Å²) in [5.41, 5.74) is 8.51. The fourth-order valence-corrected chi connectivity index (χ4v) is 3.48. The Morgan fingerprint density at radius 1 is 1.00 bits per heavy atom. The first-order chi connectivity index (χ1) is 12.7. The maximum absolute atomic E-state index is 11.5. The van der Waals surface area contributed by atoms with Gasteiger partial charge in [0.2, 0.25) is 0 Å². The normalized spacial score (nSPS) is 20.8. The van der Waals surface area contributed by atoms with E-state index < -0.39 is 6.16 Å². The van der Waals surface area contributed by atoms with Gasteiger partial charge >= 0.3 is 6.16 Å². The minimum Gasteiger partial charge on any atom is -0.431 e. The first-order valence-corrected chi connectivity index (χ1v) is 10.6. The van der Waals surface area contributed by atoms with Crippen molar-refractivity contribution in [2.45, 2.75) is 122 Å². The molecule has 0 unspecified atom stereocenters.